The minimum atomic E-state index is -0.262. The van der Waals surface area contributed by atoms with Crippen LogP contribution in [0.15, 0.2) is 18.2 Å². The molecule has 14 heavy (non-hydrogen) atoms. The highest BCUT2D eigenvalue weighted by Crippen LogP contribution is 2.32. The molecule has 1 atom stereocenters. The summed E-state index contributed by atoms with van der Waals surface area (Å²) in [6, 6.07) is 4.80. The van der Waals surface area contributed by atoms with Gasteiger partial charge >= 0.3 is 0 Å². The molecule has 0 saturated heterocycles. The van der Waals surface area contributed by atoms with Gasteiger partial charge in [0.05, 0.1) is 0 Å². The average Bonchev–Trinajstić information content (AvgIpc) is 2.06. The van der Waals surface area contributed by atoms with Crippen molar-refractivity contribution in [2.45, 2.75) is 33.7 Å². The van der Waals surface area contributed by atoms with Crippen LogP contribution in [-0.4, -0.2) is 0 Å². The summed E-state index contributed by atoms with van der Waals surface area (Å²) in [5.74, 6) is -0.210. The summed E-state index contributed by atoms with van der Waals surface area (Å²) >= 11 is 0. The Hall–Kier alpha value is -0.890. The van der Waals surface area contributed by atoms with Crippen molar-refractivity contribution in [3.63, 3.8) is 0 Å². The van der Waals surface area contributed by atoms with Gasteiger partial charge in [-0.15, -0.1) is 0 Å². The summed E-state index contributed by atoms with van der Waals surface area (Å²) in [7, 11) is 0. The number of hydrogen-bond donors (Lipinski definition) is 1. The van der Waals surface area contributed by atoms with Crippen LogP contribution < -0.4 is 5.73 Å². The summed E-state index contributed by atoms with van der Waals surface area (Å²) in [6.45, 7) is 7.98. The van der Waals surface area contributed by atoms with Gasteiger partial charge in [0.1, 0.15) is 5.82 Å². The molecule has 2 N–H and O–H groups in total. The number of nitrogens with two attached hydrogens (primary N) is 1. The van der Waals surface area contributed by atoms with Gasteiger partial charge in [-0.05, 0) is 18.4 Å². The largest absolute Gasteiger partial charge is 0.323 e. The van der Waals surface area contributed by atoms with E-state index in [1.54, 1.807) is 6.07 Å². The minimum Gasteiger partial charge on any atom is -0.323 e. The highest BCUT2D eigenvalue weighted by molar-refractivity contribution is 5.27. The molecule has 0 amide bonds. The summed E-state index contributed by atoms with van der Waals surface area (Å²) in [5.41, 5.74) is 7.54. The van der Waals surface area contributed by atoms with E-state index in [0.717, 1.165) is 5.56 Å². The molecule has 1 nitrogen and oxygen atoms in total. The smallest absolute Gasteiger partial charge is 0.128 e. The van der Waals surface area contributed by atoms with Crippen LogP contribution in [-0.2, 0) is 0 Å². The van der Waals surface area contributed by atoms with E-state index < -0.39 is 0 Å². The summed E-state index contributed by atoms with van der Waals surface area (Å²) in [5, 5.41) is 0. The molecular formula is C12H18FN. The molecule has 0 spiro atoms. The van der Waals surface area contributed by atoms with Crippen LogP contribution in [0.3, 0.4) is 0 Å². The minimum absolute atomic E-state index is 0.116. The summed E-state index contributed by atoms with van der Waals surface area (Å²) in [6.07, 6.45) is 0. The lowest BCUT2D eigenvalue weighted by atomic mass is 9.82. The van der Waals surface area contributed by atoms with Gasteiger partial charge in [0.2, 0.25) is 0 Å². The van der Waals surface area contributed by atoms with Crippen LogP contribution in [0.5, 0.6) is 0 Å². The Balaban J connectivity index is 3.12. The predicted octanol–water partition coefficient (Wildman–Crippen LogP) is 3.18. The van der Waals surface area contributed by atoms with Crippen molar-refractivity contribution in [3.05, 3.63) is 35.1 Å². The van der Waals surface area contributed by atoms with Crippen molar-refractivity contribution in [1.29, 1.82) is 0 Å². The molecule has 0 radical (unpaired) electrons. The quantitative estimate of drug-likeness (QED) is 0.731. The second-order valence-corrected chi connectivity index (χ2v) is 4.87. The van der Waals surface area contributed by atoms with E-state index in [1.807, 2.05) is 33.8 Å². The predicted molar refractivity (Wildman–Crippen MR) is 57.5 cm³/mol. The standard InChI is InChI=1S/C12H18FN/c1-8-5-6-10(13)9(7-8)11(14)12(2,3)4/h5-7,11H,14H2,1-4H3/t11-/m0/s1. The summed E-state index contributed by atoms with van der Waals surface area (Å²) in [4.78, 5) is 0. The third-order valence-electron chi connectivity index (χ3n) is 2.42. The molecule has 0 aliphatic carbocycles. The number of halogens is 1. The van der Waals surface area contributed by atoms with Crippen LogP contribution in [0, 0.1) is 18.2 Å². The first kappa shape index (κ1) is 11.2. The molecule has 0 fully saturated rings. The van der Waals surface area contributed by atoms with Crippen LogP contribution in [0.2, 0.25) is 0 Å². The zero-order valence-electron chi connectivity index (χ0n) is 9.26. The molecule has 0 unspecified atom stereocenters. The Morgan fingerprint density at radius 2 is 1.86 bits per heavy atom. The third kappa shape index (κ3) is 2.32. The second kappa shape index (κ2) is 3.70. The topological polar surface area (TPSA) is 26.0 Å². The molecule has 1 rings (SSSR count). The van der Waals surface area contributed by atoms with Crippen molar-refractivity contribution in [3.8, 4) is 0 Å². The van der Waals surface area contributed by atoms with Crippen molar-refractivity contribution in [2.75, 3.05) is 0 Å². The van der Waals surface area contributed by atoms with Gasteiger partial charge in [-0.1, -0.05) is 38.5 Å². The molecule has 1 aromatic carbocycles. The maximum Gasteiger partial charge on any atom is 0.128 e. The summed E-state index contributed by atoms with van der Waals surface area (Å²) < 4.78 is 13.5. The Bertz CT molecular complexity index is 326. The first-order valence-electron chi connectivity index (χ1n) is 4.84. The second-order valence-electron chi connectivity index (χ2n) is 4.87. The van der Waals surface area contributed by atoms with E-state index >= 15 is 0 Å². The molecule has 1 aromatic rings. The molecule has 0 saturated carbocycles. The SMILES string of the molecule is Cc1ccc(F)c([C@H](N)C(C)(C)C)c1. The van der Waals surface area contributed by atoms with E-state index in [-0.39, 0.29) is 17.3 Å². The zero-order valence-corrected chi connectivity index (χ0v) is 9.26. The van der Waals surface area contributed by atoms with Crippen molar-refractivity contribution >= 4 is 0 Å². The van der Waals surface area contributed by atoms with Crippen LogP contribution in [0.25, 0.3) is 0 Å². The number of aryl methyl sites for hydroxylation is 1. The van der Waals surface area contributed by atoms with Gasteiger partial charge in [0.15, 0.2) is 0 Å². The molecule has 78 valence electrons. The first-order chi connectivity index (χ1) is 6.32. The van der Waals surface area contributed by atoms with Gasteiger partial charge in [-0.25, -0.2) is 4.39 Å². The fraction of sp³-hybridized carbons (Fsp3) is 0.500. The Morgan fingerprint density at radius 3 is 2.36 bits per heavy atom. The van der Waals surface area contributed by atoms with E-state index in [1.165, 1.54) is 6.07 Å². The van der Waals surface area contributed by atoms with Crippen LogP contribution >= 0.6 is 0 Å². The monoisotopic (exact) mass is 195 g/mol. The van der Waals surface area contributed by atoms with Gasteiger partial charge in [-0.2, -0.15) is 0 Å². The van der Waals surface area contributed by atoms with E-state index in [9.17, 15) is 4.39 Å². The van der Waals surface area contributed by atoms with Crippen molar-refractivity contribution < 1.29 is 4.39 Å². The van der Waals surface area contributed by atoms with Crippen LogP contribution in [0.4, 0.5) is 4.39 Å². The van der Waals surface area contributed by atoms with Gasteiger partial charge < -0.3 is 5.73 Å². The highest BCUT2D eigenvalue weighted by atomic mass is 19.1. The first-order valence-corrected chi connectivity index (χ1v) is 4.84. The van der Waals surface area contributed by atoms with Crippen molar-refractivity contribution in [2.24, 2.45) is 11.1 Å². The Labute approximate surface area is 85.1 Å². The van der Waals surface area contributed by atoms with E-state index in [4.69, 9.17) is 5.73 Å². The van der Waals surface area contributed by atoms with Crippen molar-refractivity contribution in [1.82, 2.24) is 0 Å². The van der Waals surface area contributed by atoms with E-state index in [2.05, 4.69) is 0 Å². The molecule has 0 bridgehead atoms. The number of benzene rings is 1. The zero-order chi connectivity index (χ0) is 10.9. The Kier molecular flexibility index (Phi) is 2.95. The Morgan fingerprint density at radius 1 is 1.29 bits per heavy atom. The van der Waals surface area contributed by atoms with Gasteiger partial charge in [0, 0.05) is 11.6 Å². The molecule has 0 aliphatic rings. The maximum absolute atomic E-state index is 13.5. The van der Waals surface area contributed by atoms with Crippen LogP contribution in [0.1, 0.15) is 37.9 Å². The molecule has 0 aromatic heterocycles. The normalized spacial score (nSPS) is 14.1. The molecule has 2 heteroatoms. The number of rotatable bonds is 1. The third-order valence-corrected chi connectivity index (χ3v) is 2.42. The maximum atomic E-state index is 13.5. The molecule has 0 heterocycles. The lowest BCUT2D eigenvalue weighted by molar-refractivity contribution is 0.319. The fourth-order valence-corrected chi connectivity index (χ4v) is 1.37. The van der Waals surface area contributed by atoms with E-state index in [0.29, 0.717) is 5.56 Å². The number of hydrogen-bond acceptors (Lipinski definition) is 1. The van der Waals surface area contributed by atoms with Gasteiger partial charge in [0.25, 0.3) is 0 Å². The molecule has 0 aliphatic heterocycles. The lowest BCUT2D eigenvalue weighted by Gasteiger charge is -2.27. The average molecular weight is 195 g/mol. The van der Waals surface area contributed by atoms with Gasteiger partial charge in [-0.3, -0.25) is 0 Å². The molecular weight excluding hydrogens is 177 g/mol. The lowest BCUT2D eigenvalue weighted by Crippen LogP contribution is -2.27. The fourth-order valence-electron chi connectivity index (χ4n) is 1.37. The highest BCUT2D eigenvalue weighted by Gasteiger charge is 2.24.